The van der Waals surface area contributed by atoms with E-state index in [4.69, 9.17) is 11.6 Å². The third kappa shape index (κ3) is 2.73. The summed E-state index contributed by atoms with van der Waals surface area (Å²) >= 11 is 5.72. The molecule has 1 heterocycles. The summed E-state index contributed by atoms with van der Waals surface area (Å²) in [6.45, 7) is 2.68. The molecule has 1 aliphatic rings. The van der Waals surface area contributed by atoms with E-state index in [9.17, 15) is 4.39 Å². The highest BCUT2D eigenvalue weighted by Crippen LogP contribution is 2.17. The minimum atomic E-state index is -0.217. The van der Waals surface area contributed by atoms with E-state index in [1.54, 1.807) is 12.1 Å². The summed E-state index contributed by atoms with van der Waals surface area (Å²) in [5.41, 5.74) is 0.707. The zero-order valence-electron chi connectivity index (χ0n) is 9.34. The number of benzene rings is 1. The maximum absolute atomic E-state index is 13.6. The number of hydrogen-bond donors (Lipinski definition) is 1. The molecule has 1 aromatic carbocycles. The average Bonchev–Trinajstić information content (AvgIpc) is 2.75. The number of nitrogens with zero attached hydrogens (tertiary/aromatic N) is 1. The van der Waals surface area contributed by atoms with Crippen molar-refractivity contribution in [1.82, 2.24) is 10.2 Å². The van der Waals surface area contributed by atoms with Gasteiger partial charge in [-0.15, -0.1) is 0 Å². The van der Waals surface area contributed by atoms with Crippen LogP contribution >= 0.6 is 11.6 Å². The monoisotopic (exact) mass is 242 g/mol. The first-order valence-corrected chi connectivity index (χ1v) is 5.89. The van der Waals surface area contributed by atoms with Gasteiger partial charge in [0.25, 0.3) is 0 Å². The van der Waals surface area contributed by atoms with Crippen molar-refractivity contribution >= 4 is 11.6 Å². The maximum atomic E-state index is 13.6. The van der Waals surface area contributed by atoms with E-state index in [0.717, 1.165) is 19.5 Å². The number of likely N-dealkylation sites (N-methyl/N-ethyl adjacent to an activating group) is 1. The maximum Gasteiger partial charge on any atom is 0.129 e. The van der Waals surface area contributed by atoms with E-state index in [0.29, 0.717) is 23.2 Å². The minimum absolute atomic E-state index is 0.217. The number of halogens is 2. The molecule has 0 aromatic heterocycles. The van der Waals surface area contributed by atoms with Crippen molar-refractivity contribution < 1.29 is 4.39 Å². The molecular formula is C12H16ClFN2. The first-order valence-electron chi connectivity index (χ1n) is 5.51. The molecule has 1 unspecified atom stereocenters. The van der Waals surface area contributed by atoms with Crippen molar-refractivity contribution in [3.63, 3.8) is 0 Å². The van der Waals surface area contributed by atoms with Crippen LogP contribution in [-0.4, -0.2) is 31.1 Å². The Kier molecular flexibility index (Phi) is 3.79. The van der Waals surface area contributed by atoms with Crippen molar-refractivity contribution in [2.75, 3.05) is 20.1 Å². The molecule has 16 heavy (non-hydrogen) atoms. The van der Waals surface area contributed by atoms with Crippen LogP contribution in [0.4, 0.5) is 4.39 Å². The molecule has 1 saturated heterocycles. The minimum Gasteiger partial charge on any atom is -0.315 e. The van der Waals surface area contributed by atoms with Gasteiger partial charge in [0.15, 0.2) is 0 Å². The van der Waals surface area contributed by atoms with Crippen molar-refractivity contribution in [3.8, 4) is 0 Å². The van der Waals surface area contributed by atoms with Gasteiger partial charge in [0.1, 0.15) is 5.82 Å². The third-order valence-electron chi connectivity index (χ3n) is 3.09. The van der Waals surface area contributed by atoms with Crippen LogP contribution in [0.25, 0.3) is 0 Å². The number of nitrogens with one attached hydrogen (secondary N) is 1. The molecule has 1 atom stereocenters. The second-order valence-corrected chi connectivity index (χ2v) is 4.73. The van der Waals surface area contributed by atoms with Gasteiger partial charge >= 0.3 is 0 Å². The lowest BCUT2D eigenvalue weighted by Crippen LogP contribution is -2.33. The first-order chi connectivity index (χ1) is 7.66. The Labute approximate surface area is 100 Å². The van der Waals surface area contributed by atoms with Crippen LogP contribution in [0.3, 0.4) is 0 Å². The lowest BCUT2D eigenvalue weighted by molar-refractivity contribution is 0.245. The lowest BCUT2D eigenvalue weighted by Gasteiger charge is -2.23. The fraction of sp³-hybridized carbons (Fsp3) is 0.500. The quantitative estimate of drug-likeness (QED) is 0.875. The second kappa shape index (κ2) is 5.13. The molecule has 1 aliphatic heterocycles. The number of rotatable bonds is 3. The molecule has 0 spiro atoms. The Morgan fingerprint density at radius 3 is 3.00 bits per heavy atom. The van der Waals surface area contributed by atoms with Crippen molar-refractivity contribution in [2.45, 2.75) is 19.0 Å². The first kappa shape index (κ1) is 11.8. The van der Waals surface area contributed by atoms with Gasteiger partial charge in [0.05, 0.1) is 0 Å². The standard InChI is InChI=1S/C12H16ClFN2/c1-16(11-4-5-15-7-11)8-9-2-3-10(13)6-12(9)14/h2-3,6,11,15H,4-5,7-8H2,1H3. The van der Waals surface area contributed by atoms with E-state index >= 15 is 0 Å². The Hall–Kier alpha value is -0.640. The van der Waals surface area contributed by atoms with Crippen LogP contribution in [0.1, 0.15) is 12.0 Å². The van der Waals surface area contributed by atoms with E-state index in [1.807, 2.05) is 7.05 Å². The van der Waals surface area contributed by atoms with Crippen molar-refractivity contribution in [3.05, 3.63) is 34.6 Å². The molecule has 1 aromatic rings. The average molecular weight is 243 g/mol. The third-order valence-corrected chi connectivity index (χ3v) is 3.33. The lowest BCUT2D eigenvalue weighted by atomic mass is 10.1. The second-order valence-electron chi connectivity index (χ2n) is 4.30. The smallest absolute Gasteiger partial charge is 0.129 e. The predicted molar refractivity (Wildman–Crippen MR) is 64.2 cm³/mol. The zero-order chi connectivity index (χ0) is 11.5. The van der Waals surface area contributed by atoms with Gasteiger partial charge in [-0.2, -0.15) is 0 Å². The summed E-state index contributed by atoms with van der Waals surface area (Å²) in [4.78, 5) is 2.19. The van der Waals surface area contributed by atoms with Gasteiger partial charge < -0.3 is 5.32 Å². The van der Waals surface area contributed by atoms with Gasteiger partial charge in [0, 0.05) is 29.7 Å². The Balaban J connectivity index is 2.02. The molecule has 0 amide bonds. The van der Waals surface area contributed by atoms with E-state index in [-0.39, 0.29) is 5.82 Å². The summed E-state index contributed by atoms with van der Waals surface area (Å²) in [7, 11) is 2.03. The van der Waals surface area contributed by atoms with Crippen LogP contribution in [0.2, 0.25) is 5.02 Å². The molecule has 1 N–H and O–H groups in total. The molecule has 4 heteroatoms. The summed E-state index contributed by atoms with van der Waals surface area (Å²) in [6.07, 6.45) is 1.13. The van der Waals surface area contributed by atoms with Crippen LogP contribution in [-0.2, 0) is 6.54 Å². The van der Waals surface area contributed by atoms with Crippen LogP contribution in [0.5, 0.6) is 0 Å². The van der Waals surface area contributed by atoms with Crippen molar-refractivity contribution in [2.24, 2.45) is 0 Å². The SMILES string of the molecule is CN(Cc1ccc(Cl)cc1F)C1CCNC1. The van der Waals surface area contributed by atoms with Gasteiger partial charge in [-0.1, -0.05) is 17.7 Å². The molecule has 0 aliphatic carbocycles. The molecule has 88 valence electrons. The molecule has 2 rings (SSSR count). The Morgan fingerprint density at radius 2 is 2.38 bits per heavy atom. The molecule has 2 nitrogen and oxygen atoms in total. The highest BCUT2D eigenvalue weighted by atomic mass is 35.5. The molecule has 0 radical (unpaired) electrons. The van der Waals surface area contributed by atoms with Crippen LogP contribution < -0.4 is 5.32 Å². The van der Waals surface area contributed by atoms with Crippen LogP contribution in [0.15, 0.2) is 18.2 Å². The summed E-state index contributed by atoms with van der Waals surface area (Å²) in [5, 5.41) is 3.76. The Morgan fingerprint density at radius 1 is 1.56 bits per heavy atom. The Bertz CT molecular complexity index is 364. The highest BCUT2D eigenvalue weighted by Gasteiger charge is 2.19. The topological polar surface area (TPSA) is 15.3 Å². The summed E-state index contributed by atoms with van der Waals surface area (Å²) in [6, 6.07) is 5.38. The predicted octanol–water partition coefficient (Wildman–Crippen LogP) is 2.27. The molecular weight excluding hydrogens is 227 g/mol. The van der Waals surface area contributed by atoms with E-state index < -0.39 is 0 Å². The van der Waals surface area contributed by atoms with Gasteiger partial charge in [-0.25, -0.2) is 4.39 Å². The highest BCUT2D eigenvalue weighted by molar-refractivity contribution is 6.30. The van der Waals surface area contributed by atoms with Gasteiger partial charge in [-0.05, 0) is 32.1 Å². The fourth-order valence-electron chi connectivity index (χ4n) is 2.06. The normalized spacial score (nSPS) is 20.6. The summed E-state index contributed by atoms with van der Waals surface area (Å²) in [5.74, 6) is -0.217. The zero-order valence-corrected chi connectivity index (χ0v) is 10.1. The van der Waals surface area contributed by atoms with E-state index in [1.165, 1.54) is 6.07 Å². The largest absolute Gasteiger partial charge is 0.315 e. The van der Waals surface area contributed by atoms with Gasteiger partial charge in [-0.3, -0.25) is 4.90 Å². The van der Waals surface area contributed by atoms with E-state index in [2.05, 4.69) is 10.2 Å². The molecule has 1 fully saturated rings. The summed E-state index contributed by atoms with van der Waals surface area (Å²) < 4.78 is 13.6. The van der Waals surface area contributed by atoms with Crippen molar-refractivity contribution in [1.29, 1.82) is 0 Å². The molecule has 0 bridgehead atoms. The van der Waals surface area contributed by atoms with Gasteiger partial charge in [0.2, 0.25) is 0 Å². The molecule has 0 saturated carbocycles. The van der Waals surface area contributed by atoms with Crippen LogP contribution in [0, 0.1) is 5.82 Å². The fourth-order valence-corrected chi connectivity index (χ4v) is 2.22. The number of hydrogen-bond acceptors (Lipinski definition) is 2.